The van der Waals surface area contributed by atoms with Gasteiger partial charge in [0.15, 0.2) is 11.5 Å². The molecule has 240 valence electrons. The zero-order chi connectivity index (χ0) is 32.2. The third kappa shape index (κ3) is 9.81. The molecule has 3 unspecified atom stereocenters. The molecule has 0 aliphatic heterocycles. The first-order chi connectivity index (χ1) is 21.1. The molecule has 0 spiro atoms. The Balaban J connectivity index is 2.02. The maximum Gasteiger partial charge on any atom is 0.247 e. The average Bonchev–Trinajstić information content (AvgIpc) is 3.01. The van der Waals surface area contributed by atoms with Gasteiger partial charge in [0.2, 0.25) is 11.8 Å². The van der Waals surface area contributed by atoms with E-state index in [0.29, 0.717) is 43.0 Å². The highest BCUT2D eigenvalue weighted by Gasteiger charge is 2.41. The van der Waals surface area contributed by atoms with E-state index in [0.717, 1.165) is 25.7 Å². The fraction of sp³-hybridized carbons (Fsp3) is 0.469. The van der Waals surface area contributed by atoms with Crippen LogP contribution in [-0.2, 0) is 16.1 Å². The molecule has 44 heavy (non-hydrogen) atoms. The summed E-state index contributed by atoms with van der Waals surface area (Å²) < 4.78 is 12.3. The van der Waals surface area contributed by atoms with Gasteiger partial charge in [-0.05, 0) is 64.9 Å². The molecular weight excluding hydrogens is 722 g/mol. The van der Waals surface area contributed by atoms with E-state index >= 15 is 0 Å². The lowest BCUT2D eigenvalue weighted by Crippen LogP contribution is -2.54. The quantitative estimate of drug-likeness (QED) is 0.114. The van der Waals surface area contributed by atoms with E-state index in [1.807, 2.05) is 22.6 Å². The van der Waals surface area contributed by atoms with Gasteiger partial charge >= 0.3 is 0 Å². The first-order valence-corrected chi connectivity index (χ1v) is 16.5. The van der Waals surface area contributed by atoms with Gasteiger partial charge in [-0.2, -0.15) is 0 Å². The van der Waals surface area contributed by atoms with Crippen molar-refractivity contribution in [2.45, 2.75) is 76.7 Å². The molecule has 2 aromatic rings. The summed E-state index contributed by atoms with van der Waals surface area (Å²) in [6.07, 6.45) is 5.00. The zero-order valence-corrected chi connectivity index (χ0v) is 28.5. The number of unbranched alkanes of at least 4 members (excludes halogenated alkanes) is 4. The standard InChI is InChI=1S/C32H39Cl2IN2O7/c1-3-4-5-6-7-8-29(40)37(18-21-9-10-23(33)17-24(21)34)26-15-22(32(42)36-11-12-38)16-27(30(26)41)44-31-25(35)13-20(19-39)14-28(31)43-2/h9-10,13-14,16-17,19,26-27,30,38,41H,3-8,11-12,15,18H2,1-2H3,(H,36,42). The van der Waals surface area contributed by atoms with E-state index in [9.17, 15) is 24.6 Å². The van der Waals surface area contributed by atoms with Crippen LogP contribution in [0.4, 0.5) is 0 Å². The van der Waals surface area contributed by atoms with Crippen molar-refractivity contribution >= 4 is 63.9 Å². The van der Waals surface area contributed by atoms with Crippen molar-refractivity contribution in [2.75, 3.05) is 20.3 Å². The number of benzene rings is 2. The summed E-state index contributed by atoms with van der Waals surface area (Å²) in [5.41, 5.74) is 1.32. The maximum absolute atomic E-state index is 13.8. The molecule has 3 atom stereocenters. The number of aliphatic hydroxyl groups is 2. The minimum absolute atomic E-state index is 0.0363. The van der Waals surface area contributed by atoms with Gasteiger partial charge in [0, 0.05) is 47.1 Å². The summed E-state index contributed by atoms with van der Waals surface area (Å²) in [4.78, 5) is 40.0. The van der Waals surface area contributed by atoms with E-state index in [2.05, 4.69) is 12.2 Å². The third-order valence-corrected chi connectivity index (χ3v) is 8.82. The predicted octanol–water partition coefficient (Wildman–Crippen LogP) is 5.72. The van der Waals surface area contributed by atoms with Crippen molar-refractivity contribution < 1.29 is 34.1 Å². The van der Waals surface area contributed by atoms with Crippen molar-refractivity contribution in [3.63, 3.8) is 0 Å². The second-order valence-corrected chi connectivity index (χ2v) is 12.6. The van der Waals surface area contributed by atoms with Crippen LogP contribution < -0.4 is 14.8 Å². The molecule has 2 amide bonds. The van der Waals surface area contributed by atoms with Crippen LogP contribution in [0, 0.1) is 3.57 Å². The van der Waals surface area contributed by atoms with E-state index in [-0.39, 0.29) is 49.9 Å². The number of hydrogen-bond donors (Lipinski definition) is 3. The van der Waals surface area contributed by atoms with Crippen LogP contribution in [0.3, 0.4) is 0 Å². The van der Waals surface area contributed by atoms with Crippen molar-refractivity contribution in [3.8, 4) is 11.5 Å². The number of carbonyl (C=O) groups excluding carboxylic acids is 3. The van der Waals surface area contributed by atoms with Gasteiger partial charge in [0.25, 0.3) is 0 Å². The molecule has 3 rings (SSSR count). The SMILES string of the molecule is CCCCCCCC(=O)N(Cc1ccc(Cl)cc1Cl)C1CC(C(=O)NCCO)=CC(Oc2c(I)cc(C=O)cc2OC)C1O. The molecule has 3 N–H and O–H groups in total. The predicted molar refractivity (Wildman–Crippen MR) is 178 cm³/mol. The summed E-state index contributed by atoms with van der Waals surface area (Å²) in [6, 6.07) is 7.31. The Morgan fingerprint density at radius 3 is 2.57 bits per heavy atom. The molecule has 0 bridgehead atoms. The molecule has 0 aromatic heterocycles. The van der Waals surface area contributed by atoms with Gasteiger partial charge in [-0.3, -0.25) is 14.4 Å². The van der Waals surface area contributed by atoms with E-state index in [4.69, 9.17) is 32.7 Å². The summed E-state index contributed by atoms with van der Waals surface area (Å²) in [5.74, 6) is -0.0703. The number of amides is 2. The number of nitrogens with zero attached hydrogens (tertiary/aromatic N) is 1. The molecule has 0 heterocycles. The summed E-state index contributed by atoms with van der Waals surface area (Å²) in [7, 11) is 1.44. The fourth-order valence-corrected chi connectivity index (χ4v) is 6.31. The number of methoxy groups -OCH3 is 1. The van der Waals surface area contributed by atoms with Gasteiger partial charge in [0.1, 0.15) is 18.5 Å². The number of carbonyl (C=O) groups is 3. The highest BCUT2D eigenvalue weighted by atomic mass is 127. The number of ether oxygens (including phenoxy) is 2. The largest absolute Gasteiger partial charge is 0.493 e. The van der Waals surface area contributed by atoms with Crippen molar-refractivity contribution in [2.24, 2.45) is 0 Å². The first-order valence-electron chi connectivity index (χ1n) is 14.6. The number of aliphatic hydroxyl groups excluding tert-OH is 2. The average molecular weight is 761 g/mol. The lowest BCUT2D eigenvalue weighted by molar-refractivity contribution is -0.139. The monoisotopic (exact) mass is 760 g/mol. The Labute approximate surface area is 282 Å². The molecule has 0 fully saturated rings. The normalized spacial score (nSPS) is 17.9. The van der Waals surface area contributed by atoms with Crippen molar-refractivity contribution in [3.05, 3.63) is 66.7 Å². The molecule has 2 aromatic carbocycles. The Morgan fingerprint density at radius 2 is 1.91 bits per heavy atom. The molecule has 9 nitrogen and oxygen atoms in total. The Bertz CT molecular complexity index is 1340. The molecule has 1 aliphatic carbocycles. The minimum atomic E-state index is -1.24. The number of halogens is 3. The maximum atomic E-state index is 13.8. The Kier molecular flexibility index (Phi) is 14.7. The smallest absolute Gasteiger partial charge is 0.247 e. The van der Waals surface area contributed by atoms with E-state index < -0.39 is 24.2 Å². The summed E-state index contributed by atoms with van der Waals surface area (Å²) in [5, 5.41) is 24.6. The molecular formula is C32H39Cl2IN2O7. The second kappa shape index (κ2) is 17.9. The molecule has 0 radical (unpaired) electrons. The lowest BCUT2D eigenvalue weighted by atomic mass is 9.87. The first kappa shape index (κ1) is 36.1. The van der Waals surface area contributed by atoms with Crippen LogP contribution in [0.5, 0.6) is 11.5 Å². The number of rotatable bonds is 16. The molecule has 0 saturated heterocycles. The van der Waals surface area contributed by atoms with Gasteiger partial charge < -0.3 is 29.9 Å². The summed E-state index contributed by atoms with van der Waals surface area (Å²) in [6.45, 7) is 2.00. The van der Waals surface area contributed by atoms with Crippen molar-refractivity contribution in [1.29, 1.82) is 0 Å². The number of nitrogens with one attached hydrogen (secondary N) is 1. The minimum Gasteiger partial charge on any atom is -0.493 e. The molecule has 12 heteroatoms. The van der Waals surface area contributed by atoms with Gasteiger partial charge in [0.05, 0.1) is 23.3 Å². The van der Waals surface area contributed by atoms with Crippen LogP contribution in [-0.4, -0.2) is 71.7 Å². The van der Waals surface area contributed by atoms with E-state index in [1.165, 1.54) is 19.3 Å². The van der Waals surface area contributed by atoms with Crippen LogP contribution in [0.2, 0.25) is 10.0 Å². The topological polar surface area (TPSA) is 125 Å². The fourth-order valence-electron chi connectivity index (χ4n) is 5.09. The molecule has 1 aliphatic rings. The number of hydrogen-bond acceptors (Lipinski definition) is 7. The molecule has 0 saturated carbocycles. The van der Waals surface area contributed by atoms with Gasteiger partial charge in [-0.1, -0.05) is 61.9 Å². The second-order valence-electron chi connectivity index (χ2n) is 10.6. The van der Waals surface area contributed by atoms with E-state index in [1.54, 1.807) is 29.2 Å². The third-order valence-electron chi connectivity index (χ3n) is 7.43. The Morgan fingerprint density at radius 1 is 1.16 bits per heavy atom. The summed E-state index contributed by atoms with van der Waals surface area (Å²) >= 11 is 14.6. The highest BCUT2D eigenvalue weighted by molar-refractivity contribution is 14.1. The lowest BCUT2D eigenvalue weighted by Gasteiger charge is -2.41. The van der Waals surface area contributed by atoms with Crippen LogP contribution in [0.25, 0.3) is 0 Å². The van der Waals surface area contributed by atoms with Crippen molar-refractivity contribution in [1.82, 2.24) is 10.2 Å². The van der Waals surface area contributed by atoms with Crippen LogP contribution in [0.15, 0.2) is 42.0 Å². The van der Waals surface area contributed by atoms with Crippen LogP contribution >= 0.6 is 45.8 Å². The van der Waals surface area contributed by atoms with Gasteiger partial charge in [-0.15, -0.1) is 0 Å². The van der Waals surface area contributed by atoms with Crippen LogP contribution in [0.1, 0.15) is 67.8 Å². The van der Waals surface area contributed by atoms with Gasteiger partial charge in [-0.25, -0.2) is 0 Å². The highest BCUT2D eigenvalue weighted by Crippen LogP contribution is 2.37. The Hall–Kier alpha value is -2.38. The zero-order valence-electron chi connectivity index (χ0n) is 24.9. The number of aldehydes is 1.